The van der Waals surface area contributed by atoms with Gasteiger partial charge in [0.25, 0.3) is 0 Å². The highest BCUT2D eigenvalue weighted by Gasteiger charge is 2.24. The van der Waals surface area contributed by atoms with Crippen LogP contribution in [0.4, 0.5) is 0 Å². The predicted octanol–water partition coefficient (Wildman–Crippen LogP) is 3.70. The lowest BCUT2D eigenvalue weighted by Gasteiger charge is -2.31. The van der Waals surface area contributed by atoms with Gasteiger partial charge in [0.05, 0.1) is 5.92 Å². The molecular weight excluding hydrogens is 340 g/mol. The number of rotatable bonds is 6. The van der Waals surface area contributed by atoms with E-state index in [0.29, 0.717) is 0 Å². The fraction of sp³-hybridized carbons (Fsp3) is 0.500. The molecule has 1 fully saturated rings. The third-order valence-electron chi connectivity index (χ3n) is 4.02. The van der Waals surface area contributed by atoms with Gasteiger partial charge >= 0.3 is 0 Å². The van der Waals surface area contributed by atoms with Gasteiger partial charge in [0.15, 0.2) is 0 Å². The summed E-state index contributed by atoms with van der Waals surface area (Å²) >= 11 is 3.44. The second kappa shape index (κ2) is 9.11. The van der Waals surface area contributed by atoms with Gasteiger partial charge in [0.1, 0.15) is 0 Å². The number of nitrogens with one attached hydrogen (secondary N) is 1. The van der Waals surface area contributed by atoms with Crippen LogP contribution in [0, 0.1) is 5.92 Å². The van der Waals surface area contributed by atoms with E-state index in [0.717, 1.165) is 49.9 Å². The summed E-state index contributed by atoms with van der Waals surface area (Å²) < 4.78 is 1.11. The molecule has 1 heterocycles. The first-order chi connectivity index (χ1) is 10.7. The van der Waals surface area contributed by atoms with Crippen molar-refractivity contribution < 1.29 is 4.79 Å². The van der Waals surface area contributed by atoms with E-state index in [2.05, 4.69) is 62.6 Å². The Bertz CT molecular complexity index is 498. The highest BCUT2D eigenvalue weighted by atomic mass is 79.9. The minimum absolute atomic E-state index is 0.171. The fourth-order valence-electron chi connectivity index (χ4n) is 2.84. The summed E-state index contributed by atoms with van der Waals surface area (Å²) in [6.07, 6.45) is 7.56. The zero-order valence-corrected chi connectivity index (χ0v) is 14.8. The number of nitrogens with zero attached hydrogens (tertiary/aromatic N) is 1. The average molecular weight is 365 g/mol. The first kappa shape index (κ1) is 17.2. The van der Waals surface area contributed by atoms with Crippen LogP contribution >= 0.6 is 15.9 Å². The molecule has 0 saturated carbocycles. The van der Waals surface area contributed by atoms with Crippen LogP contribution in [-0.4, -0.2) is 37.0 Å². The number of carbonyl (C=O) groups excluding carboxylic acids is 1. The number of carbonyl (C=O) groups is 1. The lowest BCUT2D eigenvalue weighted by atomic mass is 9.97. The van der Waals surface area contributed by atoms with Gasteiger partial charge in [0, 0.05) is 24.1 Å². The van der Waals surface area contributed by atoms with E-state index in [4.69, 9.17) is 0 Å². The third kappa shape index (κ3) is 5.58. The SMILES string of the molecule is CCNC(=O)C1CCCN(CC/C=C/c2ccc(Br)cc2)C1. The molecule has 2 rings (SSSR count). The Labute approximate surface area is 141 Å². The molecule has 3 nitrogen and oxygen atoms in total. The van der Waals surface area contributed by atoms with Crippen molar-refractivity contribution in [3.05, 3.63) is 40.4 Å². The lowest BCUT2D eigenvalue weighted by Crippen LogP contribution is -2.43. The van der Waals surface area contributed by atoms with E-state index in [9.17, 15) is 4.79 Å². The molecule has 4 heteroatoms. The number of likely N-dealkylation sites (tertiary alicyclic amines) is 1. The van der Waals surface area contributed by atoms with Crippen LogP contribution in [0.3, 0.4) is 0 Å². The predicted molar refractivity (Wildman–Crippen MR) is 95.6 cm³/mol. The molecule has 1 aromatic rings. The Morgan fingerprint density at radius 1 is 1.41 bits per heavy atom. The monoisotopic (exact) mass is 364 g/mol. The van der Waals surface area contributed by atoms with Gasteiger partial charge in [0.2, 0.25) is 5.91 Å². The molecule has 0 aromatic heterocycles. The summed E-state index contributed by atoms with van der Waals surface area (Å²) in [4.78, 5) is 14.3. The molecule has 1 atom stereocenters. The van der Waals surface area contributed by atoms with E-state index in [1.165, 1.54) is 5.56 Å². The molecule has 1 saturated heterocycles. The molecule has 1 aliphatic heterocycles. The van der Waals surface area contributed by atoms with Crippen LogP contribution < -0.4 is 5.32 Å². The molecule has 0 bridgehead atoms. The van der Waals surface area contributed by atoms with E-state index < -0.39 is 0 Å². The van der Waals surface area contributed by atoms with Gasteiger partial charge in [-0.05, 0) is 50.4 Å². The highest BCUT2D eigenvalue weighted by molar-refractivity contribution is 9.10. The van der Waals surface area contributed by atoms with Crippen molar-refractivity contribution in [2.75, 3.05) is 26.2 Å². The van der Waals surface area contributed by atoms with E-state index >= 15 is 0 Å². The molecule has 1 amide bonds. The maximum Gasteiger partial charge on any atom is 0.224 e. The number of halogens is 1. The Morgan fingerprint density at radius 3 is 2.91 bits per heavy atom. The molecule has 0 radical (unpaired) electrons. The van der Waals surface area contributed by atoms with Crippen molar-refractivity contribution in [3.63, 3.8) is 0 Å². The highest BCUT2D eigenvalue weighted by Crippen LogP contribution is 2.17. The van der Waals surface area contributed by atoms with Crippen molar-refractivity contribution in [2.24, 2.45) is 5.92 Å². The van der Waals surface area contributed by atoms with Crippen molar-refractivity contribution in [1.29, 1.82) is 0 Å². The van der Waals surface area contributed by atoms with Crippen LogP contribution in [0.2, 0.25) is 0 Å². The maximum absolute atomic E-state index is 11.9. The normalized spacial score (nSPS) is 19.5. The molecule has 1 aromatic carbocycles. The van der Waals surface area contributed by atoms with Crippen molar-refractivity contribution in [1.82, 2.24) is 10.2 Å². The van der Waals surface area contributed by atoms with Gasteiger partial charge in [-0.15, -0.1) is 0 Å². The van der Waals surface area contributed by atoms with Crippen LogP contribution in [0.25, 0.3) is 6.08 Å². The molecule has 0 spiro atoms. The number of amides is 1. The number of hydrogen-bond acceptors (Lipinski definition) is 2. The Hall–Kier alpha value is -1.13. The van der Waals surface area contributed by atoms with Crippen LogP contribution in [0.1, 0.15) is 31.7 Å². The second-order valence-electron chi connectivity index (χ2n) is 5.78. The summed E-state index contributed by atoms with van der Waals surface area (Å²) in [6, 6.07) is 8.32. The van der Waals surface area contributed by atoms with E-state index in [1.807, 2.05) is 6.92 Å². The largest absolute Gasteiger partial charge is 0.356 e. The number of hydrogen-bond donors (Lipinski definition) is 1. The van der Waals surface area contributed by atoms with Gasteiger partial charge in [-0.1, -0.05) is 40.2 Å². The molecule has 22 heavy (non-hydrogen) atoms. The van der Waals surface area contributed by atoms with Crippen molar-refractivity contribution in [2.45, 2.75) is 26.2 Å². The summed E-state index contributed by atoms with van der Waals surface area (Å²) in [5.41, 5.74) is 1.22. The minimum atomic E-state index is 0.171. The van der Waals surface area contributed by atoms with E-state index in [-0.39, 0.29) is 11.8 Å². The standard InChI is InChI=1S/C18H25BrN2O/c1-2-20-18(22)16-7-5-13-21(14-16)12-4-3-6-15-8-10-17(19)11-9-15/h3,6,8-11,16H,2,4-5,7,12-14H2,1H3,(H,20,22)/b6-3+. The molecule has 1 aliphatic rings. The summed E-state index contributed by atoms with van der Waals surface area (Å²) in [5.74, 6) is 0.391. The van der Waals surface area contributed by atoms with Gasteiger partial charge < -0.3 is 10.2 Å². The molecule has 0 aliphatic carbocycles. The zero-order valence-electron chi connectivity index (χ0n) is 13.2. The average Bonchev–Trinajstić information content (AvgIpc) is 2.54. The Morgan fingerprint density at radius 2 is 2.18 bits per heavy atom. The molecule has 1 unspecified atom stereocenters. The quantitative estimate of drug-likeness (QED) is 0.834. The minimum Gasteiger partial charge on any atom is -0.356 e. The lowest BCUT2D eigenvalue weighted by molar-refractivity contribution is -0.126. The molecule has 1 N–H and O–H groups in total. The number of benzene rings is 1. The van der Waals surface area contributed by atoms with Gasteiger partial charge in [-0.3, -0.25) is 4.79 Å². The Balaban J connectivity index is 1.74. The zero-order chi connectivity index (χ0) is 15.8. The van der Waals surface area contributed by atoms with Crippen molar-refractivity contribution >= 4 is 27.9 Å². The Kier molecular flexibility index (Phi) is 7.13. The summed E-state index contributed by atoms with van der Waals surface area (Å²) in [7, 11) is 0. The third-order valence-corrected chi connectivity index (χ3v) is 4.55. The van der Waals surface area contributed by atoms with Gasteiger partial charge in [-0.2, -0.15) is 0 Å². The van der Waals surface area contributed by atoms with Crippen molar-refractivity contribution in [3.8, 4) is 0 Å². The number of piperidine rings is 1. The van der Waals surface area contributed by atoms with E-state index in [1.54, 1.807) is 0 Å². The molecular formula is C18H25BrN2O. The summed E-state index contributed by atoms with van der Waals surface area (Å²) in [6.45, 7) is 5.75. The topological polar surface area (TPSA) is 32.3 Å². The molecule has 120 valence electrons. The first-order valence-corrected chi connectivity index (χ1v) is 8.90. The van der Waals surface area contributed by atoms with Crippen LogP contribution in [0.5, 0.6) is 0 Å². The van der Waals surface area contributed by atoms with Crippen LogP contribution in [-0.2, 0) is 4.79 Å². The van der Waals surface area contributed by atoms with Gasteiger partial charge in [-0.25, -0.2) is 0 Å². The first-order valence-electron chi connectivity index (χ1n) is 8.11. The smallest absolute Gasteiger partial charge is 0.224 e. The second-order valence-corrected chi connectivity index (χ2v) is 6.69. The fourth-order valence-corrected chi connectivity index (χ4v) is 3.11. The maximum atomic E-state index is 11.9. The summed E-state index contributed by atoms with van der Waals surface area (Å²) in [5, 5.41) is 2.95. The van der Waals surface area contributed by atoms with Crippen LogP contribution in [0.15, 0.2) is 34.8 Å².